The molecule has 1 nitrogen and oxygen atoms in total. The monoisotopic (exact) mass is 281 g/mol. The van der Waals surface area contributed by atoms with Crippen LogP contribution in [0.15, 0.2) is 24.3 Å². The van der Waals surface area contributed by atoms with Gasteiger partial charge in [0.05, 0.1) is 0 Å². The highest BCUT2D eigenvalue weighted by Gasteiger charge is 2.28. The summed E-state index contributed by atoms with van der Waals surface area (Å²) in [5, 5.41) is 1.21. The Hall–Kier alpha value is -0.120. The Morgan fingerprint density at radius 1 is 1.06 bits per heavy atom. The van der Waals surface area contributed by atoms with E-state index in [9.17, 15) is 0 Å². The molecule has 0 bridgehead atoms. The maximum Gasteiger partial charge on any atom is 0.0426 e. The highest BCUT2D eigenvalue weighted by atomic mass is 32.2. The van der Waals surface area contributed by atoms with E-state index in [4.69, 9.17) is 5.73 Å². The maximum absolute atomic E-state index is 6.45. The van der Waals surface area contributed by atoms with Crippen molar-refractivity contribution in [2.24, 2.45) is 5.73 Å². The van der Waals surface area contributed by atoms with E-state index in [0.29, 0.717) is 16.4 Å². The topological polar surface area (TPSA) is 26.0 Å². The van der Waals surface area contributed by atoms with Crippen LogP contribution in [0, 0.1) is 0 Å². The normalized spacial score (nSPS) is 26.3. The Morgan fingerprint density at radius 3 is 2.17 bits per heavy atom. The lowest BCUT2D eigenvalue weighted by molar-refractivity contribution is 0.663. The van der Waals surface area contributed by atoms with Crippen molar-refractivity contribution in [1.82, 2.24) is 0 Å². The molecule has 1 heterocycles. The molecule has 2 N–H and O–H groups in total. The van der Waals surface area contributed by atoms with Crippen molar-refractivity contribution >= 4 is 23.5 Å². The smallest absolute Gasteiger partial charge is 0.0426 e. The minimum absolute atomic E-state index is 0.166. The van der Waals surface area contributed by atoms with Crippen molar-refractivity contribution in [3.63, 3.8) is 0 Å². The van der Waals surface area contributed by atoms with Gasteiger partial charge in [-0.15, -0.1) is 0 Å². The van der Waals surface area contributed by atoms with E-state index in [1.807, 2.05) is 11.8 Å². The standard InChI is InChI=1S/C15H23NS2/c1-10(2)12-4-6-13(7-5-12)14(16)15-11(3)17-8-9-18-15/h4-7,10-11,14-15H,8-9,16H2,1-3H3. The van der Waals surface area contributed by atoms with Gasteiger partial charge in [-0.1, -0.05) is 45.0 Å². The zero-order valence-electron chi connectivity index (χ0n) is 11.4. The quantitative estimate of drug-likeness (QED) is 0.905. The highest BCUT2D eigenvalue weighted by molar-refractivity contribution is 8.07. The number of rotatable bonds is 3. The molecule has 1 aromatic rings. The number of hydrogen-bond acceptors (Lipinski definition) is 3. The number of hydrogen-bond donors (Lipinski definition) is 1. The fourth-order valence-electron chi connectivity index (χ4n) is 2.34. The first-order valence-corrected chi connectivity index (χ1v) is 8.78. The summed E-state index contributed by atoms with van der Waals surface area (Å²) in [5.41, 5.74) is 9.13. The van der Waals surface area contributed by atoms with E-state index >= 15 is 0 Å². The van der Waals surface area contributed by atoms with Crippen LogP contribution < -0.4 is 5.73 Å². The van der Waals surface area contributed by atoms with E-state index in [2.05, 4.69) is 56.8 Å². The summed E-state index contributed by atoms with van der Waals surface area (Å²) < 4.78 is 0. The lowest BCUT2D eigenvalue weighted by atomic mass is 9.97. The molecule has 0 aromatic heterocycles. The van der Waals surface area contributed by atoms with E-state index in [1.54, 1.807) is 0 Å². The molecule has 0 aliphatic carbocycles. The predicted octanol–water partition coefficient (Wildman–Crippen LogP) is 4.05. The van der Waals surface area contributed by atoms with E-state index in [1.165, 1.54) is 22.6 Å². The minimum atomic E-state index is 0.166. The Labute approximate surface area is 119 Å². The van der Waals surface area contributed by atoms with E-state index in [-0.39, 0.29) is 6.04 Å². The number of thioether (sulfide) groups is 2. The molecule has 0 saturated carbocycles. The molecule has 1 aromatic carbocycles. The van der Waals surface area contributed by atoms with Gasteiger partial charge >= 0.3 is 0 Å². The Kier molecular flexibility index (Phi) is 5.05. The van der Waals surface area contributed by atoms with Crippen LogP contribution in [0.1, 0.15) is 43.9 Å². The molecule has 1 aliphatic rings. The molecule has 3 unspecified atom stereocenters. The van der Waals surface area contributed by atoms with Gasteiger partial charge in [0.25, 0.3) is 0 Å². The van der Waals surface area contributed by atoms with Crippen LogP contribution in [0.3, 0.4) is 0 Å². The molecule has 3 atom stereocenters. The second-order valence-electron chi connectivity index (χ2n) is 5.26. The molecule has 1 fully saturated rings. The molecule has 0 amide bonds. The second-order valence-corrected chi connectivity index (χ2v) is 8.03. The summed E-state index contributed by atoms with van der Waals surface area (Å²) in [5.74, 6) is 3.09. The maximum atomic E-state index is 6.45. The van der Waals surface area contributed by atoms with Crippen molar-refractivity contribution < 1.29 is 0 Å². The average Bonchev–Trinajstić information content (AvgIpc) is 2.38. The molecule has 18 heavy (non-hydrogen) atoms. The van der Waals surface area contributed by atoms with Crippen molar-refractivity contribution in [3.05, 3.63) is 35.4 Å². The van der Waals surface area contributed by atoms with Crippen LogP contribution in [-0.2, 0) is 0 Å². The fraction of sp³-hybridized carbons (Fsp3) is 0.600. The lowest BCUT2D eigenvalue weighted by Gasteiger charge is -2.32. The Balaban J connectivity index is 2.10. The number of benzene rings is 1. The van der Waals surface area contributed by atoms with E-state index < -0.39 is 0 Å². The van der Waals surface area contributed by atoms with Crippen molar-refractivity contribution in [3.8, 4) is 0 Å². The van der Waals surface area contributed by atoms with Gasteiger partial charge in [0, 0.05) is 28.0 Å². The predicted molar refractivity (Wildman–Crippen MR) is 85.6 cm³/mol. The molecule has 0 radical (unpaired) electrons. The largest absolute Gasteiger partial charge is 0.323 e. The first-order valence-electron chi connectivity index (χ1n) is 6.68. The van der Waals surface area contributed by atoms with Crippen LogP contribution in [0.25, 0.3) is 0 Å². The third-order valence-corrected chi connectivity index (χ3v) is 6.79. The minimum Gasteiger partial charge on any atom is -0.323 e. The molecule has 1 saturated heterocycles. The Morgan fingerprint density at radius 2 is 1.61 bits per heavy atom. The van der Waals surface area contributed by atoms with Gasteiger partial charge < -0.3 is 5.73 Å². The summed E-state index contributed by atoms with van der Waals surface area (Å²) in [6.07, 6.45) is 0. The Bertz CT molecular complexity index is 375. The van der Waals surface area contributed by atoms with Gasteiger partial charge in [0.2, 0.25) is 0 Å². The lowest BCUT2D eigenvalue weighted by Crippen LogP contribution is -2.34. The van der Waals surface area contributed by atoms with Gasteiger partial charge in [-0.25, -0.2) is 0 Å². The van der Waals surface area contributed by atoms with Crippen LogP contribution in [0.4, 0.5) is 0 Å². The van der Waals surface area contributed by atoms with Crippen molar-refractivity contribution in [1.29, 1.82) is 0 Å². The molecule has 0 spiro atoms. The summed E-state index contributed by atoms with van der Waals surface area (Å²) in [4.78, 5) is 0. The first kappa shape index (κ1) is 14.3. The van der Waals surface area contributed by atoms with Gasteiger partial charge in [-0.05, 0) is 17.0 Å². The summed E-state index contributed by atoms with van der Waals surface area (Å²) in [6, 6.07) is 9.05. The fourth-order valence-corrected chi connectivity index (χ4v) is 5.22. The van der Waals surface area contributed by atoms with Gasteiger partial charge in [-0.2, -0.15) is 23.5 Å². The summed E-state index contributed by atoms with van der Waals surface area (Å²) in [7, 11) is 0. The second kappa shape index (κ2) is 6.36. The first-order chi connectivity index (χ1) is 8.59. The van der Waals surface area contributed by atoms with Gasteiger partial charge in [-0.3, -0.25) is 0 Å². The third-order valence-electron chi connectivity index (χ3n) is 3.58. The van der Waals surface area contributed by atoms with Crippen LogP contribution in [-0.4, -0.2) is 22.0 Å². The highest BCUT2D eigenvalue weighted by Crippen LogP contribution is 2.37. The van der Waals surface area contributed by atoms with Crippen molar-refractivity contribution in [2.75, 3.05) is 11.5 Å². The molecule has 100 valence electrons. The van der Waals surface area contributed by atoms with Crippen molar-refractivity contribution in [2.45, 2.75) is 43.2 Å². The van der Waals surface area contributed by atoms with Crippen LogP contribution in [0.5, 0.6) is 0 Å². The van der Waals surface area contributed by atoms with Gasteiger partial charge in [0.1, 0.15) is 0 Å². The third kappa shape index (κ3) is 3.25. The van der Waals surface area contributed by atoms with Crippen LogP contribution >= 0.6 is 23.5 Å². The molecule has 2 rings (SSSR count). The SMILES string of the molecule is CC(C)c1ccc(C(N)C2SCCSC2C)cc1. The zero-order chi connectivity index (χ0) is 13.1. The number of nitrogens with two attached hydrogens (primary N) is 1. The average molecular weight is 281 g/mol. The molecule has 3 heteroatoms. The van der Waals surface area contributed by atoms with E-state index in [0.717, 1.165) is 0 Å². The summed E-state index contributed by atoms with van der Waals surface area (Å²) >= 11 is 4.10. The molecule has 1 aliphatic heterocycles. The van der Waals surface area contributed by atoms with Gasteiger partial charge in [0.15, 0.2) is 0 Å². The van der Waals surface area contributed by atoms with Crippen LogP contribution in [0.2, 0.25) is 0 Å². The molecular formula is C15H23NS2. The zero-order valence-corrected chi connectivity index (χ0v) is 13.1. The summed E-state index contributed by atoms with van der Waals surface area (Å²) in [6.45, 7) is 6.76. The molecular weight excluding hydrogens is 258 g/mol.